The molecule has 3 aromatic rings. The summed E-state index contributed by atoms with van der Waals surface area (Å²) in [6.45, 7) is 1.92. The maximum Gasteiger partial charge on any atom is 0.326 e. The summed E-state index contributed by atoms with van der Waals surface area (Å²) in [5.41, 5.74) is 2.65. The second kappa shape index (κ2) is 11.1. The fourth-order valence-electron chi connectivity index (χ4n) is 3.39. The van der Waals surface area contributed by atoms with Gasteiger partial charge in [0.2, 0.25) is 0 Å². The molecule has 7 nitrogen and oxygen atoms in total. The highest BCUT2D eigenvalue weighted by Gasteiger charge is 2.32. The quantitative estimate of drug-likeness (QED) is 0.403. The van der Waals surface area contributed by atoms with Gasteiger partial charge in [0.15, 0.2) is 6.10 Å². The van der Waals surface area contributed by atoms with Crippen molar-refractivity contribution in [1.29, 1.82) is 0 Å². The van der Waals surface area contributed by atoms with Gasteiger partial charge in [-0.3, -0.25) is 9.59 Å². The van der Waals surface area contributed by atoms with Gasteiger partial charge in [0.1, 0.15) is 6.04 Å². The zero-order chi connectivity index (χ0) is 23.8. The second-order valence-electron chi connectivity index (χ2n) is 7.76. The lowest BCUT2D eigenvalue weighted by atomic mass is 9.99. The van der Waals surface area contributed by atoms with Gasteiger partial charge < -0.3 is 20.8 Å². The van der Waals surface area contributed by atoms with Crippen LogP contribution in [0.25, 0.3) is 0 Å². The van der Waals surface area contributed by atoms with Crippen LogP contribution in [-0.4, -0.2) is 40.1 Å². The van der Waals surface area contributed by atoms with Crippen LogP contribution in [0.2, 0.25) is 0 Å². The van der Waals surface area contributed by atoms with E-state index in [1.165, 1.54) is 0 Å². The Morgan fingerprint density at radius 1 is 0.818 bits per heavy atom. The van der Waals surface area contributed by atoms with Crippen LogP contribution in [0, 0.1) is 6.92 Å². The predicted molar refractivity (Wildman–Crippen MR) is 124 cm³/mol. The number of carboxylic acid groups (broad SMARTS) is 1. The minimum atomic E-state index is -1.71. The van der Waals surface area contributed by atoms with Crippen LogP contribution in [0.15, 0.2) is 84.9 Å². The van der Waals surface area contributed by atoms with Crippen molar-refractivity contribution in [1.82, 2.24) is 10.6 Å². The van der Waals surface area contributed by atoms with Gasteiger partial charge in [-0.15, -0.1) is 0 Å². The molecule has 0 fully saturated rings. The Hall–Kier alpha value is -3.97. The first-order valence-electron chi connectivity index (χ1n) is 10.5. The molecule has 0 radical (unpaired) electrons. The van der Waals surface area contributed by atoms with Gasteiger partial charge in [-0.2, -0.15) is 0 Å². The SMILES string of the molecule is Cc1ccc(C[C@@H](NC(=O)[C@H](O)[C@@H](NC(=O)c2ccccc2)c2ccccc2)C(=O)O)cc1. The number of aliphatic hydroxyl groups excluding tert-OH is 1. The Kier molecular flexibility index (Phi) is 7.94. The highest BCUT2D eigenvalue weighted by atomic mass is 16.4. The molecule has 170 valence electrons. The molecule has 7 heteroatoms. The number of aliphatic hydroxyl groups is 1. The number of rotatable bonds is 9. The molecule has 3 rings (SSSR count). The minimum absolute atomic E-state index is 0.0560. The van der Waals surface area contributed by atoms with Gasteiger partial charge in [0, 0.05) is 12.0 Å². The third kappa shape index (κ3) is 6.51. The molecule has 2 amide bonds. The van der Waals surface area contributed by atoms with E-state index in [2.05, 4.69) is 10.6 Å². The van der Waals surface area contributed by atoms with Gasteiger partial charge in [-0.25, -0.2) is 4.79 Å². The largest absolute Gasteiger partial charge is 0.480 e. The summed E-state index contributed by atoms with van der Waals surface area (Å²) >= 11 is 0. The lowest BCUT2D eigenvalue weighted by Crippen LogP contribution is -2.50. The lowest BCUT2D eigenvalue weighted by Gasteiger charge is -2.25. The Morgan fingerprint density at radius 2 is 1.39 bits per heavy atom. The molecule has 0 aliphatic rings. The number of nitrogens with one attached hydrogen (secondary N) is 2. The topological polar surface area (TPSA) is 116 Å². The third-order valence-electron chi connectivity index (χ3n) is 5.24. The summed E-state index contributed by atoms with van der Waals surface area (Å²) in [5.74, 6) is -2.58. The summed E-state index contributed by atoms with van der Waals surface area (Å²) in [5, 5.41) is 25.5. The number of carbonyl (C=O) groups excluding carboxylic acids is 2. The van der Waals surface area contributed by atoms with E-state index in [0.717, 1.165) is 11.1 Å². The smallest absolute Gasteiger partial charge is 0.326 e. The van der Waals surface area contributed by atoms with Crippen molar-refractivity contribution in [2.24, 2.45) is 0 Å². The molecule has 3 aromatic carbocycles. The van der Waals surface area contributed by atoms with Crippen molar-refractivity contribution in [3.8, 4) is 0 Å². The van der Waals surface area contributed by atoms with Gasteiger partial charge in [0.25, 0.3) is 11.8 Å². The van der Waals surface area contributed by atoms with Gasteiger partial charge in [0.05, 0.1) is 6.04 Å². The second-order valence-corrected chi connectivity index (χ2v) is 7.76. The number of hydrogen-bond acceptors (Lipinski definition) is 4. The highest BCUT2D eigenvalue weighted by Crippen LogP contribution is 2.19. The number of aliphatic carboxylic acids is 1. The number of hydrogen-bond donors (Lipinski definition) is 4. The van der Waals surface area contributed by atoms with Crippen LogP contribution >= 0.6 is 0 Å². The average Bonchev–Trinajstić information content (AvgIpc) is 2.83. The zero-order valence-electron chi connectivity index (χ0n) is 18.1. The van der Waals surface area contributed by atoms with Crippen molar-refractivity contribution >= 4 is 17.8 Å². The first kappa shape index (κ1) is 23.7. The zero-order valence-corrected chi connectivity index (χ0v) is 18.1. The summed E-state index contributed by atoms with van der Waals surface area (Å²) in [7, 11) is 0. The molecule has 0 aliphatic carbocycles. The van der Waals surface area contributed by atoms with E-state index in [-0.39, 0.29) is 6.42 Å². The molecule has 0 aromatic heterocycles. The highest BCUT2D eigenvalue weighted by molar-refractivity contribution is 5.95. The van der Waals surface area contributed by atoms with Crippen LogP contribution in [0.3, 0.4) is 0 Å². The molecular formula is C26H26N2O5. The molecule has 0 aliphatic heterocycles. The molecular weight excluding hydrogens is 420 g/mol. The maximum absolute atomic E-state index is 12.9. The molecule has 0 spiro atoms. The number of carboxylic acids is 1. The fraction of sp³-hybridized carbons (Fsp3) is 0.192. The molecule has 0 saturated heterocycles. The van der Waals surface area contributed by atoms with Crippen LogP contribution in [0.5, 0.6) is 0 Å². The average molecular weight is 447 g/mol. The van der Waals surface area contributed by atoms with E-state index in [1.807, 2.05) is 19.1 Å². The molecule has 0 saturated carbocycles. The van der Waals surface area contributed by atoms with Crippen molar-refractivity contribution < 1.29 is 24.6 Å². The van der Waals surface area contributed by atoms with E-state index >= 15 is 0 Å². The summed E-state index contributed by atoms with van der Waals surface area (Å²) < 4.78 is 0. The molecule has 3 atom stereocenters. The van der Waals surface area contributed by atoms with E-state index < -0.39 is 36.0 Å². The van der Waals surface area contributed by atoms with E-state index in [1.54, 1.807) is 72.8 Å². The number of benzene rings is 3. The van der Waals surface area contributed by atoms with Crippen molar-refractivity contribution in [2.75, 3.05) is 0 Å². The lowest BCUT2D eigenvalue weighted by molar-refractivity contribution is -0.143. The Morgan fingerprint density at radius 3 is 1.97 bits per heavy atom. The monoisotopic (exact) mass is 446 g/mol. The third-order valence-corrected chi connectivity index (χ3v) is 5.24. The molecule has 0 bridgehead atoms. The molecule has 4 N–H and O–H groups in total. The summed E-state index contributed by atoms with van der Waals surface area (Å²) in [6, 6.07) is 22.0. The van der Waals surface area contributed by atoms with Gasteiger partial charge in [-0.05, 0) is 30.2 Å². The van der Waals surface area contributed by atoms with E-state index in [0.29, 0.717) is 11.1 Å². The Labute approximate surface area is 192 Å². The summed E-state index contributed by atoms with van der Waals surface area (Å²) in [4.78, 5) is 37.3. The number of amides is 2. The van der Waals surface area contributed by atoms with Crippen molar-refractivity contribution in [3.05, 3.63) is 107 Å². The maximum atomic E-state index is 12.9. The Bertz CT molecular complexity index is 1080. The normalized spacial score (nSPS) is 13.4. The molecule has 0 unspecified atom stereocenters. The predicted octanol–water partition coefficient (Wildman–Crippen LogP) is 2.64. The first-order valence-corrected chi connectivity index (χ1v) is 10.5. The van der Waals surface area contributed by atoms with E-state index in [9.17, 15) is 24.6 Å². The van der Waals surface area contributed by atoms with Crippen LogP contribution in [-0.2, 0) is 16.0 Å². The van der Waals surface area contributed by atoms with Crippen LogP contribution < -0.4 is 10.6 Å². The molecule has 0 heterocycles. The van der Waals surface area contributed by atoms with Gasteiger partial charge in [-0.1, -0.05) is 78.4 Å². The van der Waals surface area contributed by atoms with Crippen molar-refractivity contribution in [3.63, 3.8) is 0 Å². The number of aryl methyl sites for hydroxylation is 1. The molecule has 33 heavy (non-hydrogen) atoms. The minimum Gasteiger partial charge on any atom is -0.480 e. The number of carbonyl (C=O) groups is 3. The fourth-order valence-corrected chi connectivity index (χ4v) is 3.39. The standard InChI is InChI=1S/C26H26N2O5/c1-17-12-14-18(15-13-17)16-21(26(32)33)27-25(31)23(29)22(19-8-4-2-5-9-19)28-24(30)20-10-6-3-7-11-20/h2-15,21-23,29H,16H2,1H3,(H,27,31)(H,28,30)(H,32,33)/t21-,22+,23-/m1/s1. The van der Waals surface area contributed by atoms with Crippen LogP contribution in [0.4, 0.5) is 0 Å². The van der Waals surface area contributed by atoms with Crippen LogP contribution in [0.1, 0.15) is 33.1 Å². The van der Waals surface area contributed by atoms with E-state index in [4.69, 9.17) is 0 Å². The first-order chi connectivity index (χ1) is 15.8. The van der Waals surface area contributed by atoms with Crippen molar-refractivity contribution in [2.45, 2.75) is 31.5 Å². The Balaban J connectivity index is 1.78. The van der Waals surface area contributed by atoms with Gasteiger partial charge >= 0.3 is 5.97 Å². The summed E-state index contributed by atoms with van der Waals surface area (Å²) in [6.07, 6.45) is -1.65.